The predicted molar refractivity (Wildman–Crippen MR) is 82.8 cm³/mol. The molecular weight excluding hydrogens is 340 g/mol. The molecule has 0 atom stereocenters. The van der Waals surface area contributed by atoms with Gasteiger partial charge in [-0.3, -0.25) is 10.1 Å². The van der Waals surface area contributed by atoms with Crippen LogP contribution in [0.3, 0.4) is 0 Å². The Hall–Kier alpha value is -3.36. The number of aryl methyl sites for hydroxylation is 2. The summed E-state index contributed by atoms with van der Waals surface area (Å²) >= 11 is 0. The van der Waals surface area contributed by atoms with Crippen molar-refractivity contribution in [3.05, 3.63) is 74.3 Å². The van der Waals surface area contributed by atoms with Crippen LogP contribution < -0.4 is 0 Å². The third-order valence-electron chi connectivity index (χ3n) is 3.07. The van der Waals surface area contributed by atoms with Crippen LogP contribution in [0.15, 0.2) is 30.3 Å². The first-order valence-corrected chi connectivity index (χ1v) is 6.71. The zero-order chi connectivity index (χ0) is 19.3. The molecule has 0 saturated carbocycles. The Balaban J connectivity index is 0.000000257. The summed E-state index contributed by atoms with van der Waals surface area (Å²) in [6.07, 6.45) is 0. The van der Waals surface area contributed by atoms with Gasteiger partial charge < -0.3 is 10.2 Å². The summed E-state index contributed by atoms with van der Waals surface area (Å²) in [5.74, 6) is -4.41. The van der Waals surface area contributed by atoms with Gasteiger partial charge in [0.2, 0.25) is 0 Å². The fraction of sp³-hybridized carbons (Fsp3) is 0.125. The van der Waals surface area contributed by atoms with E-state index in [2.05, 4.69) is 0 Å². The summed E-state index contributed by atoms with van der Waals surface area (Å²) < 4.78 is 25.7. The molecule has 0 aliphatic heterocycles. The van der Waals surface area contributed by atoms with Crippen molar-refractivity contribution >= 4 is 17.6 Å². The van der Waals surface area contributed by atoms with Gasteiger partial charge in [-0.2, -0.15) is 0 Å². The van der Waals surface area contributed by atoms with Crippen molar-refractivity contribution in [3.63, 3.8) is 0 Å². The lowest BCUT2D eigenvalue weighted by molar-refractivity contribution is -0.385. The van der Waals surface area contributed by atoms with E-state index in [1.54, 1.807) is 13.0 Å². The fourth-order valence-electron chi connectivity index (χ4n) is 1.82. The highest BCUT2D eigenvalue weighted by Gasteiger charge is 2.19. The van der Waals surface area contributed by atoms with E-state index in [0.717, 1.165) is 6.07 Å². The zero-order valence-electron chi connectivity index (χ0n) is 13.1. The third kappa shape index (κ3) is 5.06. The van der Waals surface area contributed by atoms with Crippen molar-refractivity contribution < 1.29 is 33.5 Å². The molecule has 2 rings (SSSR count). The molecular formula is C16H13F2NO6. The second kappa shape index (κ2) is 7.95. The van der Waals surface area contributed by atoms with Crippen molar-refractivity contribution in [2.24, 2.45) is 0 Å². The quantitative estimate of drug-likeness (QED) is 0.643. The highest BCUT2D eigenvalue weighted by atomic mass is 19.1. The first-order valence-electron chi connectivity index (χ1n) is 6.71. The maximum atomic E-state index is 12.9. The number of hydrogen-bond acceptors (Lipinski definition) is 4. The lowest BCUT2D eigenvalue weighted by atomic mass is 10.1. The van der Waals surface area contributed by atoms with Gasteiger partial charge in [0.05, 0.1) is 10.5 Å². The summed E-state index contributed by atoms with van der Waals surface area (Å²) in [5.41, 5.74) is -0.563. The minimum Gasteiger partial charge on any atom is -0.478 e. The fourth-order valence-corrected chi connectivity index (χ4v) is 1.82. The van der Waals surface area contributed by atoms with Gasteiger partial charge >= 0.3 is 11.9 Å². The van der Waals surface area contributed by atoms with E-state index in [1.807, 2.05) is 0 Å². The third-order valence-corrected chi connectivity index (χ3v) is 3.07. The molecule has 25 heavy (non-hydrogen) atoms. The van der Waals surface area contributed by atoms with E-state index in [1.165, 1.54) is 19.1 Å². The van der Waals surface area contributed by atoms with E-state index < -0.39 is 39.7 Å². The minimum absolute atomic E-state index is 0.0949. The molecule has 0 saturated heterocycles. The Morgan fingerprint density at radius 3 is 1.92 bits per heavy atom. The number of halogens is 2. The average molecular weight is 353 g/mol. The average Bonchev–Trinajstić information content (AvgIpc) is 2.46. The Morgan fingerprint density at radius 1 is 0.960 bits per heavy atom. The molecule has 0 aromatic heterocycles. The van der Waals surface area contributed by atoms with E-state index in [4.69, 9.17) is 10.2 Å². The second-order valence-electron chi connectivity index (χ2n) is 4.97. The maximum absolute atomic E-state index is 12.9. The Labute approximate surface area is 140 Å². The van der Waals surface area contributed by atoms with E-state index in [-0.39, 0.29) is 11.1 Å². The van der Waals surface area contributed by atoms with Crippen molar-refractivity contribution in [1.29, 1.82) is 0 Å². The van der Waals surface area contributed by atoms with Crippen LogP contribution in [-0.2, 0) is 0 Å². The Kier molecular flexibility index (Phi) is 6.26. The summed E-state index contributed by atoms with van der Waals surface area (Å²) in [4.78, 5) is 30.4. The summed E-state index contributed by atoms with van der Waals surface area (Å²) in [6.45, 7) is 3.04. The molecule has 0 spiro atoms. The molecule has 0 aliphatic carbocycles. The SMILES string of the molecule is Cc1cc(F)c(C(=O)O)cc1[N+](=O)[O-].Cc1ccc(C(=O)O)c(F)c1. The van der Waals surface area contributed by atoms with Crippen LogP contribution in [-0.4, -0.2) is 27.1 Å². The topological polar surface area (TPSA) is 118 Å². The highest BCUT2D eigenvalue weighted by Crippen LogP contribution is 2.22. The molecule has 0 aliphatic rings. The molecule has 2 aromatic carbocycles. The van der Waals surface area contributed by atoms with Crippen molar-refractivity contribution in [3.8, 4) is 0 Å². The van der Waals surface area contributed by atoms with Crippen LogP contribution in [0, 0.1) is 35.6 Å². The number of carbonyl (C=O) groups is 2. The summed E-state index contributed by atoms with van der Waals surface area (Å²) in [5, 5.41) is 27.3. The standard InChI is InChI=1S/C8H6FNO4.C8H7FO2/c1-4-2-6(9)5(8(11)12)3-7(4)10(13)14;1-5-2-3-6(8(10)11)7(9)4-5/h2-3H,1H3,(H,11,12);2-4H,1H3,(H,10,11). The number of nitro benzene ring substituents is 1. The molecule has 0 unspecified atom stereocenters. The van der Waals surface area contributed by atoms with Gasteiger partial charge in [0.25, 0.3) is 5.69 Å². The maximum Gasteiger partial charge on any atom is 0.338 e. The number of aromatic carboxylic acids is 2. The highest BCUT2D eigenvalue weighted by molar-refractivity contribution is 5.89. The number of nitrogens with zero attached hydrogens (tertiary/aromatic N) is 1. The van der Waals surface area contributed by atoms with Gasteiger partial charge in [-0.15, -0.1) is 0 Å². The molecule has 0 heterocycles. The van der Waals surface area contributed by atoms with Gasteiger partial charge in [-0.25, -0.2) is 18.4 Å². The molecule has 0 amide bonds. The van der Waals surface area contributed by atoms with Crippen LogP contribution >= 0.6 is 0 Å². The van der Waals surface area contributed by atoms with Crippen LogP contribution in [0.1, 0.15) is 31.8 Å². The van der Waals surface area contributed by atoms with E-state index in [9.17, 15) is 28.5 Å². The number of nitro groups is 1. The monoisotopic (exact) mass is 353 g/mol. The molecule has 0 fully saturated rings. The number of carboxylic acids is 2. The zero-order valence-corrected chi connectivity index (χ0v) is 13.1. The largest absolute Gasteiger partial charge is 0.478 e. The van der Waals surface area contributed by atoms with Crippen LogP contribution in [0.4, 0.5) is 14.5 Å². The molecule has 2 N–H and O–H groups in total. The molecule has 9 heteroatoms. The predicted octanol–water partition coefficient (Wildman–Crippen LogP) is 3.57. The van der Waals surface area contributed by atoms with Crippen LogP contribution in [0.5, 0.6) is 0 Å². The number of hydrogen-bond donors (Lipinski definition) is 2. The van der Waals surface area contributed by atoms with Gasteiger partial charge in [0.15, 0.2) is 0 Å². The molecule has 0 bridgehead atoms. The lowest BCUT2D eigenvalue weighted by Gasteiger charge is -2.00. The van der Waals surface area contributed by atoms with Crippen molar-refractivity contribution in [1.82, 2.24) is 0 Å². The van der Waals surface area contributed by atoms with Crippen molar-refractivity contribution in [2.45, 2.75) is 13.8 Å². The molecule has 0 radical (unpaired) electrons. The molecule has 7 nitrogen and oxygen atoms in total. The second-order valence-corrected chi connectivity index (χ2v) is 4.97. The van der Waals surface area contributed by atoms with Gasteiger partial charge in [0, 0.05) is 11.6 Å². The van der Waals surface area contributed by atoms with E-state index in [0.29, 0.717) is 11.6 Å². The number of benzene rings is 2. The van der Waals surface area contributed by atoms with Gasteiger partial charge in [-0.1, -0.05) is 6.07 Å². The first kappa shape index (κ1) is 19.7. The summed E-state index contributed by atoms with van der Waals surface area (Å²) in [6, 6.07) is 5.57. The lowest BCUT2D eigenvalue weighted by Crippen LogP contribution is -2.03. The number of rotatable bonds is 3. The normalized spacial score (nSPS) is 9.76. The van der Waals surface area contributed by atoms with Crippen LogP contribution in [0.2, 0.25) is 0 Å². The van der Waals surface area contributed by atoms with Gasteiger partial charge in [0.1, 0.15) is 17.2 Å². The van der Waals surface area contributed by atoms with Crippen molar-refractivity contribution in [2.75, 3.05) is 0 Å². The Bertz CT molecular complexity index is 816. The van der Waals surface area contributed by atoms with Gasteiger partial charge in [-0.05, 0) is 37.6 Å². The Morgan fingerprint density at radius 2 is 1.48 bits per heavy atom. The minimum atomic E-state index is -1.52. The first-order chi connectivity index (χ1) is 11.5. The smallest absolute Gasteiger partial charge is 0.338 e. The summed E-state index contributed by atoms with van der Waals surface area (Å²) in [7, 11) is 0. The van der Waals surface area contributed by atoms with Crippen LogP contribution in [0.25, 0.3) is 0 Å². The molecule has 132 valence electrons. The van der Waals surface area contributed by atoms with E-state index >= 15 is 0 Å². The number of carboxylic acid groups (broad SMARTS) is 2. The molecule has 2 aromatic rings.